The molecule has 1 aliphatic carbocycles. The Hall–Kier alpha value is -1.50. The zero-order chi connectivity index (χ0) is 29.3. The first-order valence-electron chi connectivity index (χ1n) is 14.3. The highest BCUT2D eigenvalue weighted by Crippen LogP contribution is 2.47. The van der Waals surface area contributed by atoms with E-state index >= 15 is 0 Å². The second-order valence-corrected chi connectivity index (χ2v) is 26.5. The molecule has 6 heteroatoms. The fraction of sp³-hybridized carbons (Fsp3) is 0.515. The van der Waals surface area contributed by atoms with Crippen LogP contribution < -0.4 is 10.6 Å². The van der Waals surface area contributed by atoms with Gasteiger partial charge in [-0.2, -0.15) is 0 Å². The molecule has 1 fully saturated rings. The maximum absolute atomic E-state index is 14.7. The third kappa shape index (κ3) is 7.43. The standard InChI is InChI=1S/C33H51O3PSi2/c1-26-27(22-23-37(34,29-18-14-12-15-19-29)30-20-16-13-17-21-30)24-28(35-38(8,9)32(2,3)4)25-31(26)36-39(10,11)33(5,6)7/h12-22,28,31H,1,23-25H2,2-11H3/t28-,31+/m0/s1. The van der Waals surface area contributed by atoms with Crippen LogP contribution in [0.1, 0.15) is 54.4 Å². The van der Waals surface area contributed by atoms with E-state index in [0.717, 1.165) is 34.6 Å². The summed E-state index contributed by atoms with van der Waals surface area (Å²) < 4.78 is 28.7. The quantitative estimate of drug-likeness (QED) is 0.230. The summed E-state index contributed by atoms with van der Waals surface area (Å²) in [6, 6.07) is 19.8. The fourth-order valence-electron chi connectivity index (χ4n) is 4.53. The predicted molar refractivity (Wildman–Crippen MR) is 175 cm³/mol. The molecule has 0 heterocycles. The van der Waals surface area contributed by atoms with Crippen LogP contribution in [-0.2, 0) is 13.4 Å². The van der Waals surface area contributed by atoms with Gasteiger partial charge >= 0.3 is 0 Å². The maximum atomic E-state index is 14.7. The van der Waals surface area contributed by atoms with Gasteiger partial charge in [0.2, 0.25) is 0 Å². The summed E-state index contributed by atoms with van der Waals surface area (Å²) in [5.74, 6) is 0. The van der Waals surface area contributed by atoms with Gasteiger partial charge in [-0.15, -0.1) is 0 Å². The lowest BCUT2D eigenvalue weighted by atomic mass is 9.86. The van der Waals surface area contributed by atoms with Crippen molar-refractivity contribution in [2.45, 2.75) is 103 Å². The van der Waals surface area contributed by atoms with Crippen molar-refractivity contribution in [3.05, 3.63) is 84.5 Å². The predicted octanol–water partition coefficient (Wildman–Crippen LogP) is 9.06. The van der Waals surface area contributed by atoms with Crippen molar-refractivity contribution in [1.82, 2.24) is 0 Å². The first-order valence-corrected chi connectivity index (χ1v) is 22.0. The van der Waals surface area contributed by atoms with E-state index in [9.17, 15) is 4.57 Å². The Morgan fingerprint density at radius 1 is 0.821 bits per heavy atom. The Balaban J connectivity index is 2.01. The van der Waals surface area contributed by atoms with E-state index in [4.69, 9.17) is 8.85 Å². The smallest absolute Gasteiger partial charge is 0.192 e. The molecule has 2 aromatic carbocycles. The topological polar surface area (TPSA) is 35.5 Å². The van der Waals surface area contributed by atoms with Crippen LogP contribution in [0.15, 0.2) is 84.5 Å². The molecule has 0 radical (unpaired) electrons. The molecule has 3 rings (SSSR count). The number of benzene rings is 2. The molecule has 1 aliphatic rings. The molecule has 0 aromatic heterocycles. The highest BCUT2D eigenvalue weighted by Gasteiger charge is 2.44. The summed E-state index contributed by atoms with van der Waals surface area (Å²) in [7, 11) is -6.90. The molecule has 0 saturated heterocycles. The number of hydrogen-bond donors (Lipinski definition) is 0. The van der Waals surface area contributed by atoms with Gasteiger partial charge in [0, 0.05) is 23.2 Å². The highest BCUT2D eigenvalue weighted by atomic mass is 31.2. The van der Waals surface area contributed by atoms with Crippen molar-refractivity contribution in [2.75, 3.05) is 6.16 Å². The lowest BCUT2D eigenvalue weighted by Gasteiger charge is -2.45. The van der Waals surface area contributed by atoms with E-state index in [-0.39, 0.29) is 22.3 Å². The molecular weight excluding hydrogens is 532 g/mol. The molecule has 0 aliphatic heterocycles. The van der Waals surface area contributed by atoms with Crippen molar-refractivity contribution < 1.29 is 13.4 Å². The molecule has 1 saturated carbocycles. The van der Waals surface area contributed by atoms with Crippen molar-refractivity contribution >= 4 is 34.4 Å². The summed E-state index contributed by atoms with van der Waals surface area (Å²) in [6.45, 7) is 27.5. The van der Waals surface area contributed by atoms with Crippen LogP contribution >= 0.6 is 7.14 Å². The van der Waals surface area contributed by atoms with Crippen LogP contribution in [-0.4, -0.2) is 35.0 Å². The summed E-state index contributed by atoms with van der Waals surface area (Å²) in [5.41, 5.74) is 2.17. The Labute approximate surface area is 240 Å². The van der Waals surface area contributed by atoms with Crippen molar-refractivity contribution in [3.63, 3.8) is 0 Å². The third-order valence-electron chi connectivity index (χ3n) is 9.18. The summed E-state index contributed by atoms with van der Waals surface area (Å²) in [6.07, 6.45) is 4.22. The summed E-state index contributed by atoms with van der Waals surface area (Å²) in [4.78, 5) is 0. The molecule has 39 heavy (non-hydrogen) atoms. The van der Waals surface area contributed by atoms with Gasteiger partial charge < -0.3 is 13.4 Å². The molecule has 0 amide bonds. The van der Waals surface area contributed by atoms with E-state index in [1.165, 1.54) is 0 Å². The van der Waals surface area contributed by atoms with E-state index < -0.39 is 23.8 Å². The zero-order valence-corrected chi connectivity index (χ0v) is 28.9. The maximum Gasteiger partial charge on any atom is 0.192 e. The minimum absolute atomic E-state index is 0.0604. The minimum Gasteiger partial charge on any atom is -0.413 e. The first-order chi connectivity index (χ1) is 17.9. The lowest BCUT2D eigenvalue weighted by Crippen LogP contribution is -2.49. The van der Waals surface area contributed by atoms with E-state index in [0.29, 0.717) is 6.16 Å². The molecule has 214 valence electrons. The Morgan fingerprint density at radius 3 is 1.69 bits per heavy atom. The van der Waals surface area contributed by atoms with Crippen LogP contribution in [0, 0.1) is 0 Å². The van der Waals surface area contributed by atoms with Crippen LogP contribution in [0.25, 0.3) is 0 Å². The monoisotopic (exact) mass is 582 g/mol. The van der Waals surface area contributed by atoms with Crippen LogP contribution in [0.4, 0.5) is 0 Å². The van der Waals surface area contributed by atoms with Crippen LogP contribution in [0.3, 0.4) is 0 Å². The van der Waals surface area contributed by atoms with Crippen LogP contribution in [0.2, 0.25) is 36.3 Å². The largest absolute Gasteiger partial charge is 0.413 e. The minimum atomic E-state index is -2.87. The van der Waals surface area contributed by atoms with E-state index in [1.807, 2.05) is 60.7 Å². The number of hydrogen-bond acceptors (Lipinski definition) is 3. The van der Waals surface area contributed by atoms with Gasteiger partial charge in [0.15, 0.2) is 16.6 Å². The van der Waals surface area contributed by atoms with Crippen molar-refractivity contribution in [3.8, 4) is 0 Å². The van der Waals surface area contributed by atoms with Gasteiger partial charge in [0.1, 0.15) is 7.14 Å². The average Bonchev–Trinajstić information content (AvgIpc) is 2.84. The number of rotatable bonds is 8. The number of allylic oxidation sites excluding steroid dienone is 1. The lowest BCUT2D eigenvalue weighted by molar-refractivity contribution is 0.0969. The molecule has 3 nitrogen and oxygen atoms in total. The highest BCUT2D eigenvalue weighted by molar-refractivity contribution is 7.78. The molecule has 0 unspecified atom stereocenters. The normalized spacial score (nSPS) is 20.9. The van der Waals surface area contributed by atoms with Gasteiger partial charge in [-0.05, 0) is 53.8 Å². The molecule has 2 atom stereocenters. The third-order valence-corrected chi connectivity index (χ3v) is 21.2. The first kappa shape index (κ1) is 32.0. The fourth-order valence-corrected chi connectivity index (χ4v) is 9.71. The van der Waals surface area contributed by atoms with Crippen LogP contribution in [0.5, 0.6) is 0 Å². The Bertz CT molecular complexity index is 1160. The molecule has 0 N–H and O–H groups in total. The Morgan fingerprint density at radius 2 is 1.26 bits per heavy atom. The van der Waals surface area contributed by atoms with Crippen molar-refractivity contribution in [1.29, 1.82) is 0 Å². The van der Waals surface area contributed by atoms with Crippen molar-refractivity contribution in [2.24, 2.45) is 0 Å². The van der Waals surface area contributed by atoms with Gasteiger partial charge in [0.25, 0.3) is 0 Å². The summed E-state index contributed by atoms with van der Waals surface area (Å²) >= 11 is 0. The molecule has 2 aromatic rings. The summed E-state index contributed by atoms with van der Waals surface area (Å²) in [5, 5.41) is 1.99. The van der Waals surface area contributed by atoms with Gasteiger partial charge in [-0.1, -0.05) is 115 Å². The Kier molecular flexibility index (Phi) is 9.67. The van der Waals surface area contributed by atoms with Gasteiger partial charge in [-0.25, -0.2) is 0 Å². The molecule has 0 bridgehead atoms. The molecule has 0 spiro atoms. The second kappa shape index (κ2) is 11.8. The molecular formula is C33H51O3PSi2. The average molecular weight is 583 g/mol. The van der Waals surface area contributed by atoms with Gasteiger partial charge in [-0.3, -0.25) is 0 Å². The van der Waals surface area contributed by atoms with E-state index in [2.05, 4.69) is 80.4 Å². The SMILES string of the molecule is C=C1C(=CCP(=O)(c2ccccc2)c2ccccc2)C[C@H](O[Si](C)(C)C(C)(C)C)C[C@H]1O[Si](C)(C)C(C)(C)C. The second-order valence-electron chi connectivity index (χ2n) is 14.2. The zero-order valence-electron chi connectivity index (χ0n) is 26.0. The van der Waals surface area contributed by atoms with E-state index in [1.54, 1.807) is 0 Å². The van der Waals surface area contributed by atoms with Gasteiger partial charge in [0.05, 0.1) is 12.2 Å².